The van der Waals surface area contributed by atoms with Crippen LogP contribution in [0.3, 0.4) is 0 Å². The maximum Gasteiger partial charge on any atom is 0.232 e. The third kappa shape index (κ3) is 3.22. The van der Waals surface area contributed by atoms with E-state index < -0.39 is 5.41 Å². The van der Waals surface area contributed by atoms with Gasteiger partial charge in [0.1, 0.15) is 0 Å². The minimum atomic E-state index is -0.492. The fraction of sp³-hybridized carbons (Fsp3) is 0.611. The van der Waals surface area contributed by atoms with Crippen LogP contribution >= 0.6 is 0 Å². The number of piperidine rings is 1. The molecule has 1 fully saturated rings. The zero-order valence-corrected chi connectivity index (χ0v) is 13.8. The second kappa shape index (κ2) is 5.70. The maximum atomic E-state index is 12.9. The summed E-state index contributed by atoms with van der Waals surface area (Å²) in [5.41, 5.74) is 7.42. The van der Waals surface area contributed by atoms with E-state index in [1.54, 1.807) is 0 Å². The SMILES string of the molecule is CCC1(C)CCN(C(=O)C(C)(C)c2ccc(N)cc2)CC1. The van der Waals surface area contributed by atoms with Crippen LogP contribution in [0.1, 0.15) is 52.5 Å². The molecule has 0 saturated carbocycles. The first-order valence-electron chi connectivity index (χ1n) is 7.94. The number of carbonyl (C=O) groups excluding carboxylic acids is 1. The van der Waals surface area contributed by atoms with Gasteiger partial charge in [-0.15, -0.1) is 0 Å². The highest BCUT2D eigenvalue weighted by molar-refractivity contribution is 5.87. The molecule has 0 aliphatic carbocycles. The molecule has 1 saturated heterocycles. The average Bonchev–Trinajstić information content (AvgIpc) is 2.48. The van der Waals surface area contributed by atoms with Gasteiger partial charge in [0.15, 0.2) is 0 Å². The van der Waals surface area contributed by atoms with E-state index in [2.05, 4.69) is 13.8 Å². The predicted octanol–water partition coefficient (Wildman–Crippen LogP) is 3.59. The molecule has 1 aromatic carbocycles. The third-order valence-electron chi connectivity index (χ3n) is 5.28. The summed E-state index contributed by atoms with van der Waals surface area (Å²) in [5.74, 6) is 0.227. The summed E-state index contributed by atoms with van der Waals surface area (Å²) in [7, 11) is 0. The Morgan fingerprint density at radius 3 is 2.24 bits per heavy atom. The lowest BCUT2D eigenvalue weighted by atomic mass is 9.77. The fourth-order valence-electron chi connectivity index (χ4n) is 3.02. The van der Waals surface area contributed by atoms with Crippen molar-refractivity contribution >= 4 is 11.6 Å². The van der Waals surface area contributed by atoms with Gasteiger partial charge in [-0.25, -0.2) is 0 Å². The van der Waals surface area contributed by atoms with Crippen LogP contribution < -0.4 is 5.73 Å². The monoisotopic (exact) mass is 288 g/mol. The van der Waals surface area contributed by atoms with E-state index in [9.17, 15) is 4.79 Å². The van der Waals surface area contributed by atoms with Crippen LogP contribution in [0.5, 0.6) is 0 Å². The molecule has 1 aliphatic rings. The molecule has 1 heterocycles. The number of amides is 1. The zero-order valence-electron chi connectivity index (χ0n) is 13.8. The van der Waals surface area contributed by atoms with Crippen molar-refractivity contribution in [1.29, 1.82) is 0 Å². The summed E-state index contributed by atoms with van der Waals surface area (Å²) in [6.07, 6.45) is 3.40. The minimum Gasteiger partial charge on any atom is -0.399 e. The lowest BCUT2D eigenvalue weighted by molar-refractivity contribution is -0.138. The zero-order chi connectivity index (χ0) is 15.7. The van der Waals surface area contributed by atoms with Crippen LogP contribution in [-0.2, 0) is 10.2 Å². The minimum absolute atomic E-state index is 0.227. The predicted molar refractivity (Wildman–Crippen MR) is 88.1 cm³/mol. The van der Waals surface area contributed by atoms with Gasteiger partial charge in [0.25, 0.3) is 0 Å². The molecule has 0 spiro atoms. The normalized spacial score (nSPS) is 18.6. The van der Waals surface area contributed by atoms with Gasteiger partial charge in [-0.1, -0.05) is 32.4 Å². The Kier molecular flexibility index (Phi) is 4.31. The molecule has 0 atom stereocenters. The van der Waals surface area contributed by atoms with Gasteiger partial charge in [-0.3, -0.25) is 4.79 Å². The molecule has 21 heavy (non-hydrogen) atoms. The van der Waals surface area contributed by atoms with Gasteiger partial charge in [-0.2, -0.15) is 0 Å². The Balaban J connectivity index is 2.10. The first-order valence-corrected chi connectivity index (χ1v) is 7.94. The van der Waals surface area contributed by atoms with Gasteiger partial charge in [0, 0.05) is 18.8 Å². The number of likely N-dealkylation sites (tertiary alicyclic amines) is 1. The quantitative estimate of drug-likeness (QED) is 0.864. The molecule has 3 heteroatoms. The molecule has 2 rings (SSSR count). The molecule has 1 amide bonds. The highest BCUT2D eigenvalue weighted by Gasteiger charge is 2.37. The van der Waals surface area contributed by atoms with E-state index in [1.165, 1.54) is 6.42 Å². The van der Waals surface area contributed by atoms with E-state index >= 15 is 0 Å². The van der Waals surface area contributed by atoms with Gasteiger partial charge in [-0.05, 0) is 49.8 Å². The molecule has 1 aliphatic heterocycles. The van der Waals surface area contributed by atoms with Crippen molar-refractivity contribution in [3.63, 3.8) is 0 Å². The molecular formula is C18H28N2O. The Bertz CT molecular complexity index is 496. The molecule has 0 aromatic heterocycles. The average molecular weight is 288 g/mol. The number of hydrogen-bond donors (Lipinski definition) is 1. The number of nitrogens with zero attached hydrogens (tertiary/aromatic N) is 1. The third-order valence-corrected chi connectivity index (χ3v) is 5.28. The van der Waals surface area contributed by atoms with Crippen molar-refractivity contribution in [2.24, 2.45) is 5.41 Å². The fourth-order valence-corrected chi connectivity index (χ4v) is 3.02. The van der Waals surface area contributed by atoms with E-state index in [0.717, 1.165) is 37.2 Å². The largest absolute Gasteiger partial charge is 0.399 e. The summed E-state index contributed by atoms with van der Waals surface area (Å²) in [6.45, 7) is 10.3. The lowest BCUT2D eigenvalue weighted by Crippen LogP contribution is -2.48. The van der Waals surface area contributed by atoms with Gasteiger partial charge in [0.2, 0.25) is 5.91 Å². The van der Waals surface area contributed by atoms with Crippen molar-refractivity contribution in [1.82, 2.24) is 4.90 Å². The Morgan fingerprint density at radius 2 is 1.76 bits per heavy atom. The van der Waals surface area contributed by atoms with Crippen molar-refractivity contribution < 1.29 is 4.79 Å². The number of hydrogen-bond acceptors (Lipinski definition) is 2. The van der Waals surface area contributed by atoms with E-state index in [0.29, 0.717) is 5.41 Å². The van der Waals surface area contributed by atoms with E-state index in [4.69, 9.17) is 5.73 Å². The van der Waals surface area contributed by atoms with Gasteiger partial charge >= 0.3 is 0 Å². The summed E-state index contributed by atoms with van der Waals surface area (Å²) in [4.78, 5) is 14.9. The van der Waals surface area contributed by atoms with Crippen molar-refractivity contribution in [2.75, 3.05) is 18.8 Å². The van der Waals surface area contributed by atoms with Crippen LogP contribution in [-0.4, -0.2) is 23.9 Å². The Morgan fingerprint density at radius 1 is 1.24 bits per heavy atom. The Labute approximate surface area is 128 Å². The summed E-state index contributed by atoms with van der Waals surface area (Å²) in [5, 5.41) is 0. The number of carbonyl (C=O) groups is 1. The van der Waals surface area contributed by atoms with Gasteiger partial charge in [0.05, 0.1) is 5.41 Å². The summed E-state index contributed by atoms with van der Waals surface area (Å²) in [6, 6.07) is 7.67. The first kappa shape index (κ1) is 15.9. The van der Waals surface area contributed by atoms with Crippen molar-refractivity contribution in [3.05, 3.63) is 29.8 Å². The molecule has 1 aromatic rings. The second-order valence-corrected chi connectivity index (χ2v) is 7.20. The summed E-state index contributed by atoms with van der Waals surface area (Å²) < 4.78 is 0. The maximum absolute atomic E-state index is 12.9. The number of nitrogen functional groups attached to an aromatic ring is 1. The highest BCUT2D eigenvalue weighted by atomic mass is 16.2. The van der Waals surface area contributed by atoms with Crippen LogP contribution in [0.15, 0.2) is 24.3 Å². The molecule has 0 bridgehead atoms. The first-order chi connectivity index (χ1) is 9.78. The van der Waals surface area contributed by atoms with Crippen molar-refractivity contribution in [2.45, 2.75) is 52.4 Å². The smallest absolute Gasteiger partial charge is 0.232 e. The number of rotatable bonds is 3. The standard InChI is InChI=1S/C18H28N2O/c1-5-18(4)10-12-20(13-11-18)16(21)17(2,3)14-6-8-15(19)9-7-14/h6-9H,5,10-13,19H2,1-4H3. The van der Waals surface area contributed by atoms with Gasteiger partial charge < -0.3 is 10.6 Å². The molecule has 0 radical (unpaired) electrons. The summed E-state index contributed by atoms with van der Waals surface area (Å²) >= 11 is 0. The number of benzene rings is 1. The van der Waals surface area contributed by atoms with Crippen LogP contribution in [0, 0.1) is 5.41 Å². The lowest BCUT2D eigenvalue weighted by Gasteiger charge is -2.41. The topological polar surface area (TPSA) is 46.3 Å². The highest BCUT2D eigenvalue weighted by Crippen LogP contribution is 2.36. The van der Waals surface area contributed by atoms with Crippen molar-refractivity contribution in [3.8, 4) is 0 Å². The van der Waals surface area contributed by atoms with E-state index in [1.807, 2.05) is 43.0 Å². The molecular weight excluding hydrogens is 260 g/mol. The van der Waals surface area contributed by atoms with Crippen LogP contribution in [0.4, 0.5) is 5.69 Å². The second-order valence-electron chi connectivity index (χ2n) is 7.20. The number of anilines is 1. The Hall–Kier alpha value is -1.51. The molecule has 116 valence electrons. The molecule has 2 N–H and O–H groups in total. The number of nitrogens with two attached hydrogens (primary N) is 1. The van der Waals surface area contributed by atoms with E-state index in [-0.39, 0.29) is 5.91 Å². The molecule has 3 nitrogen and oxygen atoms in total. The van der Waals surface area contributed by atoms with Crippen LogP contribution in [0.25, 0.3) is 0 Å². The molecule has 0 unspecified atom stereocenters. The van der Waals surface area contributed by atoms with Crippen LogP contribution in [0.2, 0.25) is 0 Å².